The van der Waals surface area contributed by atoms with Crippen molar-refractivity contribution in [3.8, 4) is 0 Å². The molecule has 0 spiro atoms. The zero-order valence-corrected chi connectivity index (χ0v) is 9.10. The zero-order chi connectivity index (χ0) is 11.4. The van der Waals surface area contributed by atoms with E-state index in [1.807, 2.05) is 0 Å². The number of nitrogens with zero attached hydrogens (tertiary/aromatic N) is 1. The lowest BCUT2D eigenvalue weighted by atomic mass is 10.1. The molecule has 0 bridgehead atoms. The fourth-order valence-corrected chi connectivity index (χ4v) is 1.53. The van der Waals surface area contributed by atoms with E-state index in [1.54, 1.807) is 0 Å². The summed E-state index contributed by atoms with van der Waals surface area (Å²) in [5, 5.41) is 8.74. The number of carbonyl (C=O) groups excluding carboxylic acids is 1. The van der Waals surface area contributed by atoms with Gasteiger partial charge in [0.05, 0.1) is 12.5 Å². The summed E-state index contributed by atoms with van der Waals surface area (Å²) in [6.07, 6.45) is 2.13. The average Bonchev–Trinajstić information content (AvgIpc) is 2.67. The van der Waals surface area contributed by atoms with Gasteiger partial charge in [0.15, 0.2) is 0 Å². The van der Waals surface area contributed by atoms with Crippen LogP contribution in [-0.4, -0.2) is 47.7 Å². The Hall–Kier alpha value is -1.10. The van der Waals surface area contributed by atoms with E-state index < -0.39 is 12.0 Å². The lowest BCUT2D eigenvalue weighted by Gasteiger charge is -2.22. The van der Waals surface area contributed by atoms with Crippen LogP contribution in [0.4, 0.5) is 0 Å². The lowest BCUT2D eigenvalue weighted by molar-refractivity contribution is -0.149. The quantitative estimate of drug-likeness (QED) is 0.741. The third-order valence-electron chi connectivity index (χ3n) is 2.76. The molecule has 1 aliphatic rings. The molecule has 1 aliphatic heterocycles. The van der Waals surface area contributed by atoms with Crippen molar-refractivity contribution >= 4 is 11.9 Å². The molecule has 1 rings (SSSR count). The minimum Gasteiger partial charge on any atom is -0.480 e. The molecule has 1 fully saturated rings. The van der Waals surface area contributed by atoms with Gasteiger partial charge >= 0.3 is 5.97 Å². The molecule has 5 heteroatoms. The highest BCUT2D eigenvalue weighted by atomic mass is 16.5. The van der Waals surface area contributed by atoms with Gasteiger partial charge in [-0.3, -0.25) is 4.79 Å². The van der Waals surface area contributed by atoms with Crippen molar-refractivity contribution in [3.63, 3.8) is 0 Å². The average molecular weight is 215 g/mol. The molecule has 0 aromatic heterocycles. The highest BCUT2D eigenvalue weighted by Crippen LogP contribution is 2.16. The Morgan fingerprint density at radius 2 is 2.27 bits per heavy atom. The third kappa shape index (κ3) is 3.20. The second-order valence-corrected chi connectivity index (χ2v) is 3.86. The van der Waals surface area contributed by atoms with Gasteiger partial charge in [-0.1, -0.05) is 0 Å². The van der Waals surface area contributed by atoms with Gasteiger partial charge < -0.3 is 14.7 Å². The van der Waals surface area contributed by atoms with Crippen LogP contribution in [0.3, 0.4) is 0 Å². The molecular formula is C10H17NO4. The number of carboxylic acid groups (broad SMARTS) is 1. The summed E-state index contributed by atoms with van der Waals surface area (Å²) in [6, 6.07) is -0.779. The van der Waals surface area contributed by atoms with Crippen molar-refractivity contribution in [3.05, 3.63) is 0 Å². The predicted octanol–water partition coefficient (Wildman–Crippen LogP) is 0.487. The second-order valence-electron chi connectivity index (χ2n) is 3.86. The van der Waals surface area contributed by atoms with Crippen LogP contribution in [0.25, 0.3) is 0 Å². The Bertz CT molecular complexity index is 248. The van der Waals surface area contributed by atoms with E-state index in [0.29, 0.717) is 6.61 Å². The van der Waals surface area contributed by atoms with Crippen molar-refractivity contribution in [1.82, 2.24) is 4.90 Å². The molecular weight excluding hydrogens is 198 g/mol. The summed E-state index contributed by atoms with van der Waals surface area (Å²) >= 11 is 0. The number of aliphatic carboxylic acids is 1. The largest absolute Gasteiger partial charge is 0.480 e. The van der Waals surface area contributed by atoms with Gasteiger partial charge in [0.2, 0.25) is 5.91 Å². The van der Waals surface area contributed by atoms with Crippen LogP contribution in [0.15, 0.2) is 0 Å². The number of amides is 1. The maximum Gasteiger partial charge on any atom is 0.326 e. The van der Waals surface area contributed by atoms with Gasteiger partial charge in [0.25, 0.3) is 0 Å². The molecule has 0 aromatic rings. The van der Waals surface area contributed by atoms with Crippen LogP contribution in [-0.2, 0) is 14.3 Å². The Morgan fingerprint density at radius 1 is 1.60 bits per heavy atom. The number of hydrogen-bond donors (Lipinski definition) is 1. The minimum absolute atomic E-state index is 0.0269. The first-order valence-electron chi connectivity index (χ1n) is 5.12. The highest BCUT2D eigenvalue weighted by molar-refractivity contribution is 5.83. The normalized spacial score (nSPS) is 22.4. The van der Waals surface area contributed by atoms with Crippen molar-refractivity contribution in [2.75, 3.05) is 13.7 Å². The first kappa shape index (κ1) is 12.0. The van der Waals surface area contributed by atoms with Gasteiger partial charge in [-0.05, 0) is 19.8 Å². The van der Waals surface area contributed by atoms with Crippen LogP contribution in [0.5, 0.6) is 0 Å². The van der Waals surface area contributed by atoms with E-state index in [1.165, 1.54) is 18.9 Å². The van der Waals surface area contributed by atoms with Gasteiger partial charge in [0, 0.05) is 13.7 Å². The number of ether oxygens (including phenoxy) is 1. The number of rotatable bonds is 4. The van der Waals surface area contributed by atoms with Crippen LogP contribution in [0.1, 0.15) is 26.2 Å². The van der Waals surface area contributed by atoms with Crippen molar-refractivity contribution < 1.29 is 19.4 Å². The van der Waals surface area contributed by atoms with Crippen molar-refractivity contribution in [2.24, 2.45) is 0 Å². The predicted molar refractivity (Wildman–Crippen MR) is 53.5 cm³/mol. The molecule has 1 heterocycles. The summed E-state index contributed by atoms with van der Waals surface area (Å²) in [7, 11) is 1.51. The van der Waals surface area contributed by atoms with Gasteiger partial charge in [-0.25, -0.2) is 4.79 Å². The summed E-state index contributed by atoms with van der Waals surface area (Å²) < 4.78 is 5.32. The van der Waals surface area contributed by atoms with Crippen LogP contribution in [0.2, 0.25) is 0 Å². The molecule has 0 aromatic carbocycles. The second kappa shape index (κ2) is 5.11. The first-order chi connectivity index (χ1) is 7.02. The fraction of sp³-hybridized carbons (Fsp3) is 0.800. The number of carboxylic acids is 1. The van der Waals surface area contributed by atoms with Gasteiger partial charge in [0.1, 0.15) is 6.04 Å². The molecule has 86 valence electrons. The SMILES string of the molecule is CC(C(=O)O)N(C)C(=O)CC1CCCO1. The summed E-state index contributed by atoms with van der Waals surface area (Å²) in [5.41, 5.74) is 0. The maximum absolute atomic E-state index is 11.6. The lowest BCUT2D eigenvalue weighted by Crippen LogP contribution is -2.41. The maximum atomic E-state index is 11.6. The number of likely N-dealkylation sites (N-methyl/N-ethyl adjacent to an activating group) is 1. The Labute approximate surface area is 89.0 Å². The summed E-state index contributed by atoms with van der Waals surface area (Å²) in [4.78, 5) is 23.5. The fourth-order valence-electron chi connectivity index (χ4n) is 1.53. The minimum atomic E-state index is -0.988. The molecule has 1 N–H and O–H groups in total. The molecule has 5 nitrogen and oxygen atoms in total. The first-order valence-corrected chi connectivity index (χ1v) is 5.12. The van der Waals surface area contributed by atoms with E-state index in [9.17, 15) is 9.59 Å². The number of carbonyl (C=O) groups is 2. The van der Waals surface area contributed by atoms with Crippen molar-refractivity contribution in [1.29, 1.82) is 0 Å². The molecule has 15 heavy (non-hydrogen) atoms. The molecule has 0 aliphatic carbocycles. The molecule has 1 amide bonds. The van der Waals surface area contributed by atoms with Crippen LogP contribution >= 0.6 is 0 Å². The highest BCUT2D eigenvalue weighted by Gasteiger charge is 2.25. The van der Waals surface area contributed by atoms with Gasteiger partial charge in [-0.2, -0.15) is 0 Å². The standard InChI is InChI=1S/C10H17NO4/c1-7(10(13)14)11(2)9(12)6-8-4-3-5-15-8/h7-8H,3-6H2,1-2H3,(H,13,14). The van der Waals surface area contributed by atoms with E-state index in [4.69, 9.17) is 9.84 Å². The Morgan fingerprint density at radius 3 is 2.73 bits per heavy atom. The van der Waals surface area contributed by atoms with E-state index in [0.717, 1.165) is 12.8 Å². The smallest absolute Gasteiger partial charge is 0.326 e. The molecule has 2 atom stereocenters. The summed E-state index contributed by atoms with van der Waals surface area (Å²) in [5.74, 6) is -1.16. The molecule has 2 unspecified atom stereocenters. The van der Waals surface area contributed by atoms with Crippen LogP contribution < -0.4 is 0 Å². The van der Waals surface area contributed by atoms with Crippen LogP contribution in [0, 0.1) is 0 Å². The number of hydrogen-bond acceptors (Lipinski definition) is 3. The molecule has 0 radical (unpaired) electrons. The molecule has 1 saturated heterocycles. The van der Waals surface area contributed by atoms with E-state index >= 15 is 0 Å². The molecule has 0 saturated carbocycles. The Balaban J connectivity index is 2.41. The Kier molecular flexibility index (Phi) is 4.08. The zero-order valence-electron chi connectivity index (χ0n) is 9.10. The summed E-state index contributed by atoms with van der Waals surface area (Å²) in [6.45, 7) is 2.20. The topological polar surface area (TPSA) is 66.8 Å². The van der Waals surface area contributed by atoms with Crippen molar-refractivity contribution in [2.45, 2.75) is 38.3 Å². The van der Waals surface area contributed by atoms with E-state index in [2.05, 4.69) is 0 Å². The monoisotopic (exact) mass is 215 g/mol. The third-order valence-corrected chi connectivity index (χ3v) is 2.76. The van der Waals surface area contributed by atoms with Gasteiger partial charge in [-0.15, -0.1) is 0 Å². The van der Waals surface area contributed by atoms with E-state index in [-0.39, 0.29) is 18.4 Å².